The molecule has 142 valence electrons. The van der Waals surface area contributed by atoms with E-state index in [0.29, 0.717) is 17.9 Å². The number of methoxy groups -OCH3 is 1. The van der Waals surface area contributed by atoms with E-state index < -0.39 is 0 Å². The molecule has 6 nitrogen and oxygen atoms in total. The molecule has 0 aliphatic carbocycles. The minimum absolute atomic E-state index is 0.00238. The summed E-state index contributed by atoms with van der Waals surface area (Å²) >= 11 is 1.59. The van der Waals surface area contributed by atoms with Gasteiger partial charge < -0.3 is 14.4 Å². The lowest BCUT2D eigenvalue weighted by Crippen LogP contribution is -2.38. The van der Waals surface area contributed by atoms with Crippen LogP contribution in [0.3, 0.4) is 0 Å². The molecule has 3 aromatic rings. The molecule has 0 saturated heterocycles. The predicted molar refractivity (Wildman–Crippen MR) is 107 cm³/mol. The maximum atomic E-state index is 12.5. The summed E-state index contributed by atoms with van der Waals surface area (Å²) in [6, 6.07) is 12.8. The van der Waals surface area contributed by atoms with Crippen molar-refractivity contribution in [2.24, 2.45) is 0 Å². The number of fused-ring (bicyclic) bond motifs is 1. The number of anilines is 1. The minimum Gasteiger partial charge on any atom is -0.482 e. The standard InChI is InChI=1S/C21H18N2O4S/c1-13-22-17(12-28-13)16-7-8-19-18(9-16)23(20(24)11-27-19)10-14-3-5-15(6-4-14)21(25)26-2/h3-9,12H,10-11H2,1-2H3. The first-order valence-corrected chi connectivity index (χ1v) is 9.60. The number of carbonyl (C=O) groups is 2. The van der Waals surface area contributed by atoms with Gasteiger partial charge in [-0.25, -0.2) is 9.78 Å². The molecule has 4 rings (SSSR count). The third-order valence-electron chi connectivity index (χ3n) is 4.53. The molecular weight excluding hydrogens is 376 g/mol. The number of carbonyl (C=O) groups excluding carboxylic acids is 2. The summed E-state index contributed by atoms with van der Waals surface area (Å²) in [4.78, 5) is 30.4. The average molecular weight is 394 g/mol. The maximum absolute atomic E-state index is 12.5. The number of ether oxygens (including phenoxy) is 2. The average Bonchev–Trinajstić information content (AvgIpc) is 3.16. The molecule has 2 heterocycles. The number of esters is 1. The SMILES string of the molecule is COC(=O)c1ccc(CN2C(=O)COc3ccc(-c4csc(C)n4)cc32)cc1. The highest BCUT2D eigenvalue weighted by molar-refractivity contribution is 7.09. The highest BCUT2D eigenvalue weighted by Crippen LogP contribution is 2.37. The zero-order valence-electron chi connectivity index (χ0n) is 15.5. The summed E-state index contributed by atoms with van der Waals surface area (Å²) in [6.45, 7) is 2.35. The molecule has 0 spiro atoms. The molecule has 1 aliphatic rings. The summed E-state index contributed by atoms with van der Waals surface area (Å²) in [7, 11) is 1.35. The third-order valence-corrected chi connectivity index (χ3v) is 5.31. The van der Waals surface area contributed by atoms with Gasteiger partial charge in [-0.2, -0.15) is 0 Å². The van der Waals surface area contributed by atoms with Crippen LogP contribution in [-0.4, -0.2) is 30.6 Å². The van der Waals surface area contributed by atoms with Crippen molar-refractivity contribution in [3.8, 4) is 17.0 Å². The Kier molecular flexibility index (Phi) is 4.83. The molecule has 1 amide bonds. The highest BCUT2D eigenvalue weighted by Gasteiger charge is 2.26. The smallest absolute Gasteiger partial charge is 0.337 e. The topological polar surface area (TPSA) is 68.7 Å². The van der Waals surface area contributed by atoms with Crippen LogP contribution in [0, 0.1) is 6.92 Å². The van der Waals surface area contributed by atoms with Crippen molar-refractivity contribution in [3.05, 3.63) is 64.0 Å². The van der Waals surface area contributed by atoms with Gasteiger partial charge in [0.2, 0.25) is 0 Å². The Hall–Kier alpha value is -3.19. The fourth-order valence-corrected chi connectivity index (χ4v) is 3.70. The molecule has 7 heteroatoms. The molecule has 0 bridgehead atoms. The fraction of sp³-hybridized carbons (Fsp3) is 0.190. The summed E-state index contributed by atoms with van der Waals surface area (Å²) in [6.07, 6.45) is 0. The van der Waals surface area contributed by atoms with E-state index in [2.05, 4.69) is 4.98 Å². The molecule has 28 heavy (non-hydrogen) atoms. The van der Waals surface area contributed by atoms with Crippen LogP contribution in [0.15, 0.2) is 47.8 Å². The maximum Gasteiger partial charge on any atom is 0.337 e. The number of hydrogen-bond donors (Lipinski definition) is 0. The number of aryl methyl sites for hydroxylation is 1. The fourth-order valence-electron chi connectivity index (χ4n) is 3.08. The Labute approximate surface area is 166 Å². The number of amides is 1. The van der Waals surface area contributed by atoms with E-state index in [0.717, 1.165) is 27.5 Å². The molecule has 1 aliphatic heterocycles. The Morgan fingerprint density at radius 2 is 2.04 bits per heavy atom. The summed E-state index contributed by atoms with van der Waals surface area (Å²) < 4.78 is 10.3. The number of thiazole rings is 1. The van der Waals surface area contributed by atoms with Gasteiger partial charge in [0.15, 0.2) is 6.61 Å². The molecule has 0 fully saturated rings. The number of benzene rings is 2. The Bertz CT molecular complexity index is 1040. The van der Waals surface area contributed by atoms with E-state index in [1.54, 1.807) is 28.4 Å². The van der Waals surface area contributed by atoms with Crippen LogP contribution in [0.4, 0.5) is 5.69 Å². The van der Waals surface area contributed by atoms with E-state index in [4.69, 9.17) is 9.47 Å². The van der Waals surface area contributed by atoms with Crippen molar-refractivity contribution < 1.29 is 19.1 Å². The number of hydrogen-bond acceptors (Lipinski definition) is 6. The zero-order valence-corrected chi connectivity index (χ0v) is 16.3. The zero-order chi connectivity index (χ0) is 19.7. The van der Waals surface area contributed by atoms with Crippen molar-refractivity contribution >= 4 is 28.9 Å². The molecule has 0 unspecified atom stereocenters. The van der Waals surface area contributed by atoms with E-state index >= 15 is 0 Å². The summed E-state index contributed by atoms with van der Waals surface area (Å²) in [5.41, 5.74) is 3.92. The van der Waals surface area contributed by atoms with E-state index in [9.17, 15) is 9.59 Å². The van der Waals surface area contributed by atoms with Gasteiger partial charge in [0, 0.05) is 10.9 Å². The molecule has 1 aromatic heterocycles. The van der Waals surface area contributed by atoms with Crippen LogP contribution >= 0.6 is 11.3 Å². The molecular formula is C21H18N2O4S. The van der Waals surface area contributed by atoms with Crippen LogP contribution in [0.2, 0.25) is 0 Å². The van der Waals surface area contributed by atoms with Crippen molar-refractivity contribution in [3.63, 3.8) is 0 Å². The van der Waals surface area contributed by atoms with Gasteiger partial charge in [-0.1, -0.05) is 12.1 Å². The number of rotatable bonds is 4. The molecule has 0 saturated carbocycles. The van der Waals surface area contributed by atoms with E-state index in [1.807, 2.05) is 42.6 Å². The van der Waals surface area contributed by atoms with Crippen molar-refractivity contribution in [1.82, 2.24) is 4.98 Å². The van der Waals surface area contributed by atoms with Crippen LogP contribution in [-0.2, 0) is 16.1 Å². The first kappa shape index (κ1) is 18.2. The second kappa shape index (κ2) is 7.44. The monoisotopic (exact) mass is 394 g/mol. The van der Waals surface area contributed by atoms with Gasteiger partial charge in [0.05, 0.1) is 35.6 Å². The third kappa shape index (κ3) is 3.48. The highest BCUT2D eigenvalue weighted by atomic mass is 32.1. The largest absolute Gasteiger partial charge is 0.482 e. The normalized spacial score (nSPS) is 13.1. The van der Waals surface area contributed by atoms with E-state index in [-0.39, 0.29) is 18.5 Å². The van der Waals surface area contributed by atoms with Crippen LogP contribution in [0.25, 0.3) is 11.3 Å². The summed E-state index contributed by atoms with van der Waals surface area (Å²) in [5.74, 6) is 0.167. The number of aromatic nitrogens is 1. The summed E-state index contributed by atoms with van der Waals surface area (Å²) in [5, 5.41) is 2.99. The molecule has 0 atom stereocenters. The molecule has 0 N–H and O–H groups in total. The lowest BCUT2D eigenvalue weighted by Gasteiger charge is -2.30. The van der Waals surface area contributed by atoms with Gasteiger partial charge in [0.1, 0.15) is 5.75 Å². The van der Waals surface area contributed by atoms with Gasteiger partial charge in [0.25, 0.3) is 5.91 Å². The van der Waals surface area contributed by atoms with Crippen molar-refractivity contribution in [2.45, 2.75) is 13.5 Å². The lowest BCUT2D eigenvalue weighted by molar-refractivity contribution is -0.121. The first-order chi connectivity index (χ1) is 13.5. The van der Waals surface area contributed by atoms with E-state index in [1.165, 1.54) is 7.11 Å². The van der Waals surface area contributed by atoms with Gasteiger partial charge in [-0.15, -0.1) is 11.3 Å². The Balaban J connectivity index is 1.65. The second-order valence-electron chi connectivity index (χ2n) is 6.39. The first-order valence-electron chi connectivity index (χ1n) is 8.72. The van der Waals surface area contributed by atoms with Gasteiger partial charge in [-0.05, 0) is 42.8 Å². The minimum atomic E-state index is -0.387. The van der Waals surface area contributed by atoms with Crippen molar-refractivity contribution in [2.75, 3.05) is 18.6 Å². The molecule has 2 aromatic carbocycles. The quantitative estimate of drug-likeness (QED) is 0.629. The van der Waals surface area contributed by atoms with Gasteiger partial charge in [-0.3, -0.25) is 4.79 Å². The predicted octanol–water partition coefficient (Wildman–Crippen LogP) is 3.83. The lowest BCUT2D eigenvalue weighted by atomic mass is 10.1. The second-order valence-corrected chi connectivity index (χ2v) is 7.45. The Morgan fingerprint density at radius 3 is 2.71 bits per heavy atom. The Morgan fingerprint density at radius 1 is 1.25 bits per heavy atom. The van der Waals surface area contributed by atoms with Gasteiger partial charge >= 0.3 is 5.97 Å². The molecule has 0 radical (unpaired) electrons. The van der Waals surface area contributed by atoms with Crippen LogP contribution in [0.1, 0.15) is 20.9 Å². The van der Waals surface area contributed by atoms with Crippen molar-refractivity contribution in [1.29, 1.82) is 0 Å². The van der Waals surface area contributed by atoms with Crippen LogP contribution < -0.4 is 9.64 Å². The van der Waals surface area contributed by atoms with Crippen LogP contribution in [0.5, 0.6) is 5.75 Å². The number of nitrogens with zero attached hydrogens (tertiary/aromatic N) is 2.